The van der Waals surface area contributed by atoms with Gasteiger partial charge in [0.25, 0.3) is 6.33 Å². The van der Waals surface area contributed by atoms with Gasteiger partial charge >= 0.3 is 5.51 Å². The van der Waals surface area contributed by atoms with E-state index in [2.05, 4.69) is 147 Å². The molecule has 0 amide bonds. The van der Waals surface area contributed by atoms with Crippen LogP contribution in [0, 0.1) is 0 Å². The lowest BCUT2D eigenvalue weighted by atomic mass is 9.80. The summed E-state index contributed by atoms with van der Waals surface area (Å²) in [7, 11) is -6.09. The molecule has 0 radical (unpaired) electrons. The largest absolute Gasteiger partial charge is 0.741 e. The summed E-state index contributed by atoms with van der Waals surface area (Å²) >= 11 is 0. The van der Waals surface area contributed by atoms with Crippen molar-refractivity contribution in [2.45, 2.75) is 110 Å². The third-order valence-electron chi connectivity index (χ3n) is 6.82. The number of hydrogen-bond acceptors (Lipinski definition) is 3. The molecule has 9 heteroatoms. The van der Waals surface area contributed by atoms with E-state index in [0.717, 1.165) is 0 Å². The van der Waals surface area contributed by atoms with E-state index in [1.165, 1.54) is 33.6 Å². The minimum Gasteiger partial charge on any atom is -0.741 e. The summed E-state index contributed by atoms with van der Waals surface area (Å²) in [6.45, 7) is 27.5. The molecule has 0 saturated heterocycles. The van der Waals surface area contributed by atoms with Crippen molar-refractivity contribution in [1.82, 2.24) is 4.57 Å². The van der Waals surface area contributed by atoms with Gasteiger partial charge in [-0.15, -0.1) is 0 Å². The zero-order chi connectivity index (χ0) is 32.0. The molecular formula is C32H45F3N2O3S. The molecule has 3 rings (SSSR count). The van der Waals surface area contributed by atoms with Crippen molar-refractivity contribution in [3.05, 3.63) is 77.4 Å². The van der Waals surface area contributed by atoms with Crippen LogP contribution in [-0.2, 0) is 31.8 Å². The average molecular weight is 595 g/mol. The highest BCUT2D eigenvalue weighted by Crippen LogP contribution is 2.32. The Balaban J connectivity index is 0.000000642. The molecule has 1 heterocycles. The van der Waals surface area contributed by atoms with Crippen LogP contribution < -0.4 is 4.57 Å². The molecule has 0 spiro atoms. The molecule has 0 saturated carbocycles. The summed E-state index contributed by atoms with van der Waals surface area (Å²) in [6, 6.07) is 14.1. The van der Waals surface area contributed by atoms with E-state index >= 15 is 0 Å². The number of rotatable bonds is 2. The Bertz CT molecular complexity index is 1320. The van der Waals surface area contributed by atoms with E-state index in [-0.39, 0.29) is 21.7 Å². The number of hydrogen-bond donors (Lipinski definition) is 0. The van der Waals surface area contributed by atoms with Gasteiger partial charge in [0.05, 0.1) is 0 Å². The number of benzene rings is 2. The molecule has 1 aromatic heterocycles. The molecule has 0 aliphatic carbocycles. The van der Waals surface area contributed by atoms with Crippen molar-refractivity contribution in [2.75, 3.05) is 0 Å². The van der Waals surface area contributed by atoms with Crippen molar-refractivity contribution in [2.24, 2.45) is 0 Å². The molecule has 5 nitrogen and oxygen atoms in total. The highest BCUT2D eigenvalue weighted by Gasteiger charge is 2.37. The van der Waals surface area contributed by atoms with Crippen LogP contribution in [0.5, 0.6) is 0 Å². The Morgan fingerprint density at radius 1 is 0.634 bits per heavy atom. The maximum atomic E-state index is 10.7. The first-order valence-electron chi connectivity index (χ1n) is 13.5. The molecule has 0 atom stereocenters. The molecule has 41 heavy (non-hydrogen) atoms. The summed E-state index contributed by atoms with van der Waals surface area (Å²) in [5.74, 6) is 0. The van der Waals surface area contributed by atoms with Crippen LogP contribution in [0.1, 0.15) is 105 Å². The fourth-order valence-electron chi connectivity index (χ4n) is 3.91. The lowest BCUT2D eigenvalue weighted by molar-refractivity contribution is -0.594. The van der Waals surface area contributed by atoms with Crippen LogP contribution in [-0.4, -0.2) is 23.0 Å². The molecule has 228 valence electrons. The van der Waals surface area contributed by atoms with Gasteiger partial charge in [-0.1, -0.05) is 95.2 Å². The molecule has 3 aromatic rings. The normalized spacial score (nSPS) is 13.6. The summed E-state index contributed by atoms with van der Waals surface area (Å²) in [6.07, 6.45) is 6.56. The van der Waals surface area contributed by atoms with Gasteiger partial charge in [0.15, 0.2) is 10.1 Å². The lowest BCUT2D eigenvalue weighted by Crippen LogP contribution is -2.29. The third-order valence-corrected chi connectivity index (χ3v) is 7.38. The molecule has 0 aliphatic rings. The number of halogens is 3. The average Bonchev–Trinajstić information content (AvgIpc) is 3.26. The van der Waals surface area contributed by atoms with Gasteiger partial charge in [0.2, 0.25) is 0 Å². The second kappa shape index (κ2) is 11.2. The quantitative estimate of drug-likeness (QED) is 0.172. The molecule has 0 bridgehead atoms. The topological polar surface area (TPSA) is 66.0 Å². The molecule has 0 unspecified atom stereocenters. The van der Waals surface area contributed by atoms with E-state index in [9.17, 15) is 13.2 Å². The molecular weight excluding hydrogens is 549 g/mol. The van der Waals surface area contributed by atoms with E-state index in [1.807, 2.05) is 0 Å². The smallest absolute Gasteiger partial charge is 0.485 e. The summed E-state index contributed by atoms with van der Waals surface area (Å²) in [5, 5.41) is 0. The third kappa shape index (κ3) is 9.17. The zero-order valence-electron chi connectivity index (χ0n) is 26.4. The molecule has 0 N–H and O–H groups in total. The highest BCUT2D eigenvalue weighted by atomic mass is 32.2. The minimum atomic E-state index is -6.09. The summed E-state index contributed by atoms with van der Waals surface area (Å²) in [4.78, 5) is 0. The predicted molar refractivity (Wildman–Crippen MR) is 158 cm³/mol. The predicted octanol–water partition coefficient (Wildman–Crippen LogP) is 8.00. The first-order chi connectivity index (χ1) is 18.1. The van der Waals surface area contributed by atoms with Gasteiger partial charge in [-0.3, -0.25) is 0 Å². The monoisotopic (exact) mass is 594 g/mol. The first kappa shape index (κ1) is 34.6. The van der Waals surface area contributed by atoms with E-state index in [0.29, 0.717) is 0 Å². The Labute approximate surface area is 244 Å². The van der Waals surface area contributed by atoms with Crippen LogP contribution in [0.25, 0.3) is 11.4 Å². The fourth-order valence-corrected chi connectivity index (χ4v) is 3.91. The van der Waals surface area contributed by atoms with Gasteiger partial charge in [0.1, 0.15) is 23.8 Å². The van der Waals surface area contributed by atoms with Crippen molar-refractivity contribution in [3.63, 3.8) is 0 Å². The summed E-state index contributed by atoms with van der Waals surface area (Å²) in [5.41, 5.74) is 2.66. The zero-order valence-corrected chi connectivity index (χ0v) is 27.2. The molecule has 0 aliphatic heterocycles. The molecule has 0 fully saturated rings. The second-order valence-corrected chi connectivity index (χ2v) is 16.0. The second-order valence-electron chi connectivity index (χ2n) is 14.7. The fraction of sp³-hybridized carbons (Fsp3) is 0.531. The number of alkyl halides is 3. The molecule has 2 aromatic carbocycles. The standard InChI is InChI=1S/C31H45N2.CHF3O3S/c1-28(2,3)22-15-23(29(4,5)6)18-26(17-22)32-13-14-33(21-32)27-19-24(30(7,8)9)16-25(20-27)31(10,11)12;2-1(3,4)8(5,6)7/h13-21H,1-12H3;(H,5,6,7)/q+1;/p-1. The number of nitrogens with zero attached hydrogens (tertiary/aromatic N) is 2. The van der Waals surface area contributed by atoms with Gasteiger partial charge in [-0.25, -0.2) is 17.6 Å². The Hall–Kier alpha value is -2.65. The Morgan fingerprint density at radius 2 is 0.951 bits per heavy atom. The van der Waals surface area contributed by atoms with E-state index in [4.69, 9.17) is 13.0 Å². The highest BCUT2D eigenvalue weighted by molar-refractivity contribution is 7.86. The Kier molecular flexibility index (Phi) is 9.45. The van der Waals surface area contributed by atoms with Gasteiger partial charge < -0.3 is 4.55 Å². The van der Waals surface area contributed by atoms with Crippen LogP contribution in [0.3, 0.4) is 0 Å². The number of imidazole rings is 1. The summed E-state index contributed by atoms with van der Waals surface area (Å²) < 4.78 is 63.4. The van der Waals surface area contributed by atoms with Crippen LogP contribution in [0.2, 0.25) is 0 Å². The van der Waals surface area contributed by atoms with Gasteiger partial charge in [0, 0.05) is 0 Å². The van der Waals surface area contributed by atoms with Crippen LogP contribution >= 0.6 is 0 Å². The van der Waals surface area contributed by atoms with Gasteiger partial charge in [-0.2, -0.15) is 13.2 Å². The van der Waals surface area contributed by atoms with Crippen molar-refractivity contribution in [1.29, 1.82) is 0 Å². The van der Waals surface area contributed by atoms with E-state index < -0.39 is 15.6 Å². The number of aromatic nitrogens is 2. The minimum absolute atomic E-state index is 0.0990. The van der Waals surface area contributed by atoms with E-state index in [1.54, 1.807) is 0 Å². The van der Waals surface area contributed by atoms with Gasteiger partial charge in [-0.05, 0) is 68.2 Å². The maximum Gasteiger partial charge on any atom is 0.485 e. The Morgan fingerprint density at radius 3 is 1.24 bits per heavy atom. The van der Waals surface area contributed by atoms with Crippen LogP contribution in [0.4, 0.5) is 13.2 Å². The van der Waals surface area contributed by atoms with Crippen molar-refractivity contribution in [3.8, 4) is 11.4 Å². The van der Waals surface area contributed by atoms with Crippen LogP contribution in [0.15, 0.2) is 55.1 Å². The van der Waals surface area contributed by atoms with Crippen molar-refractivity contribution >= 4 is 10.1 Å². The van der Waals surface area contributed by atoms with Crippen molar-refractivity contribution < 1.29 is 30.7 Å². The maximum absolute atomic E-state index is 10.7. The SMILES string of the molecule is CC(C)(C)c1cc(-n2cc[n+](-c3cc(C(C)(C)C)cc(C(C)(C)C)c3)c2)cc(C(C)(C)C)c1.O=S(=O)([O-])C(F)(F)F. The lowest BCUT2D eigenvalue weighted by Gasteiger charge is -2.25. The first-order valence-corrected chi connectivity index (χ1v) is 15.0.